The van der Waals surface area contributed by atoms with Crippen LogP contribution in [0.5, 0.6) is 0 Å². The van der Waals surface area contributed by atoms with E-state index >= 15 is 0 Å². The third-order valence-electron chi connectivity index (χ3n) is 7.72. The minimum atomic E-state index is -0.381. The van der Waals surface area contributed by atoms with E-state index in [9.17, 15) is 4.79 Å². The van der Waals surface area contributed by atoms with Gasteiger partial charge in [0.15, 0.2) is 5.82 Å². The van der Waals surface area contributed by atoms with Crippen molar-refractivity contribution in [2.75, 3.05) is 6.54 Å². The Kier molecular flexibility index (Phi) is 8.05. The third kappa shape index (κ3) is 5.87. The number of benzene rings is 2. The zero-order chi connectivity index (χ0) is 27.5. The molecule has 0 bridgehead atoms. The summed E-state index contributed by atoms with van der Waals surface area (Å²) in [4.78, 5) is 16.8. The minimum Gasteiger partial charge on any atom is -0.361 e. The topological polar surface area (TPSA) is 87.6 Å². The standard InChI is InChI=1S/C31H32Cl2N6O/c32-24-13-12-21(15-25(24)33)19-39-29(16-20-7-2-1-3-8-20)37-38-30(39)28(36-31(40)27-11-6-14-34-27)17-22-18-35-26-10-5-4-9-23(22)26/h2,4-5,7-10,12-13,15,18,27-28,34-35H,1,3,6,11,14,16-17,19H2,(H,36,40)/t27-,28+/m0/s1. The highest BCUT2D eigenvalue weighted by atomic mass is 35.5. The fraction of sp³-hybridized carbons (Fsp3) is 0.323. The summed E-state index contributed by atoms with van der Waals surface area (Å²) in [6, 6.07) is 13.3. The summed E-state index contributed by atoms with van der Waals surface area (Å²) in [6.07, 6.45) is 13.8. The molecule has 0 radical (unpaired) electrons. The molecule has 6 rings (SSSR count). The number of hydrogen-bond donors (Lipinski definition) is 3. The van der Waals surface area contributed by atoms with Crippen molar-refractivity contribution in [1.29, 1.82) is 0 Å². The van der Waals surface area contributed by atoms with Gasteiger partial charge in [0.25, 0.3) is 0 Å². The number of aromatic nitrogens is 4. The number of para-hydroxylation sites is 1. The van der Waals surface area contributed by atoms with Crippen LogP contribution in [0.15, 0.2) is 72.5 Å². The first-order valence-electron chi connectivity index (χ1n) is 13.9. The highest BCUT2D eigenvalue weighted by molar-refractivity contribution is 6.42. The van der Waals surface area contributed by atoms with Crippen LogP contribution in [0.4, 0.5) is 0 Å². The third-order valence-corrected chi connectivity index (χ3v) is 8.46. The number of rotatable bonds is 9. The number of carbonyl (C=O) groups excluding carboxylic acids is 1. The molecule has 1 aliphatic heterocycles. The molecule has 0 unspecified atom stereocenters. The summed E-state index contributed by atoms with van der Waals surface area (Å²) in [6.45, 7) is 1.36. The minimum absolute atomic E-state index is 0.00843. The van der Waals surface area contributed by atoms with E-state index < -0.39 is 0 Å². The van der Waals surface area contributed by atoms with Crippen LogP contribution in [-0.4, -0.2) is 38.2 Å². The lowest BCUT2D eigenvalue weighted by atomic mass is 10.0. The Morgan fingerprint density at radius 2 is 2.02 bits per heavy atom. The Morgan fingerprint density at radius 1 is 1.12 bits per heavy atom. The van der Waals surface area contributed by atoms with Gasteiger partial charge in [0.2, 0.25) is 5.91 Å². The number of H-pyrrole nitrogens is 1. The number of aromatic amines is 1. The molecule has 1 amide bonds. The lowest BCUT2D eigenvalue weighted by Crippen LogP contribution is -2.43. The van der Waals surface area contributed by atoms with Gasteiger partial charge in [-0.2, -0.15) is 0 Å². The molecule has 2 aromatic carbocycles. The van der Waals surface area contributed by atoms with Crippen LogP contribution >= 0.6 is 23.2 Å². The van der Waals surface area contributed by atoms with Crippen molar-refractivity contribution < 1.29 is 4.79 Å². The number of allylic oxidation sites excluding steroid dienone is 4. The van der Waals surface area contributed by atoms with Crippen molar-refractivity contribution >= 4 is 40.0 Å². The first kappa shape index (κ1) is 26.8. The van der Waals surface area contributed by atoms with E-state index in [1.165, 1.54) is 5.57 Å². The molecule has 7 nitrogen and oxygen atoms in total. The SMILES string of the molecule is O=C(N[C@H](Cc1c[nH]c2ccccc12)c1nnc(CC2=CCCC=C2)n1Cc1ccc(Cl)c(Cl)c1)[C@@H]1CCCN1. The number of hydrogen-bond acceptors (Lipinski definition) is 4. The fourth-order valence-corrected chi connectivity index (χ4v) is 5.94. The van der Waals surface area contributed by atoms with Crippen LogP contribution in [0.2, 0.25) is 10.0 Å². The molecule has 206 valence electrons. The van der Waals surface area contributed by atoms with E-state index in [1.54, 1.807) is 0 Å². The van der Waals surface area contributed by atoms with Gasteiger partial charge in [0, 0.05) is 29.9 Å². The summed E-state index contributed by atoms with van der Waals surface area (Å²) in [7, 11) is 0. The van der Waals surface area contributed by atoms with Gasteiger partial charge in [0.05, 0.1) is 28.7 Å². The maximum absolute atomic E-state index is 13.4. The van der Waals surface area contributed by atoms with Crippen LogP contribution in [0.1, 0.15) is 54.5 Å². The van der Waals surface area contributed by atoms with Gasteiger partial charge in [-0.1, -0.05) is 65.7 Å². The summed E-state index contributed by atoms with van der Waals surface area (Å²) in [5.41, 5.74) is 4.38. The van der Waals surface area contributed by atoms with Crippen molar-refractivity contribution in [1.82, 2.24) is 30.4 Å². The van der Waals surface area contributed by atoms with Crippen LogP contribution < -0.4 is 10.6 Å². The average molecular weight is 576 g/mol. The molecule has 1 fully saturated rings. The van der Waals surface area contributed by atoms with E-state index in [1.807, 2.05) is 36.5 Å². The predicted molar refractivity (Wildman–Crippen MR) is 160 cm³/mol. The largest absolute Gasteiger partial charge is 0.361 e. The molecule has 2 atom stereocenters. The smallest absolute Gasteiger partial charge is 0.237 e. The second-order valence-corrected chi connectivity index (χ2v) is 11.3. The Hall–Kier alpha value is -3.39. The molecule has 2 aliphatic rings. The van der Waals surface area contributed by atoms with Crippen molar-refractivity contribution in [3.8, 4) is 0 Å². The maximum Gasteiger partial charge on any atom is 0.237 e. The first-order chi connectivity index (χ1) is 19.5. The number of nitrogens with zero attached hydrogens (tertiary/aromatic N) is 3. The molecule has 0 spiro atoms. The quantitative estimate of drug-likeness (QED) is 0.226. The molecule has 3 N–H and O–H groups in total. The summed E-state index contributed by atoms with van der Waals surface area (Å²) in [5.74, 6) is 1.56. The predicted octanol–water partition coefficient (Wildman–Crippen LogP) is 6.09. The van der Waals surface area contributed by atoms with E-state index in [2.05, 4.69) is 55.6 Å². The molecule has 1 saturated heterocycles. The highest BCUT2D eigenvalue weighted by Crippen LogP contribution is 2.28. The van der Waals surface area contributed by atoms with Crippen LogP contribution in [0, 0.1) is 0 Å². The molecule has 40 heavy (non-hydrogen) atoms. The lowest BCUT2D eigenvalue weighted by molar-refractivity contribution is -0.123. The van der Waals surface area contributed by atoms with Gasteiger partial charge in [-0.05, 0) is 67.1 Å². The first-order valence-corrected chi connectivity index (χ1v) is 14.6. The molecular formula is C31H32Cl2N6O. The molecule has 2 aromatic heterocycles. The van der Waals surface area contributed by atoms with E-state index in [4.69, 9.17) is 28.3 Å². The zero-order valence-corrected chi connectivity index (χ0v) is 23.7. The fourth-order valence-electron chi connectivity index (χ4n) is 5.62. The molecule has 9 heteroatoms. The van der Waals surface area contributed by atoms with Crippen molar-refractivity contribution in [2.24, 2.45) is 0 Å². The van der Waals surface area contributed by atoms with Crippen molar-refractivity contribution in [3.63, 3.8) is 0 Å². The number of nitrogens with one attached hydrogen (secondary N) is 3. The van der Waals surface area contributed by atoms with Crippen LogP contribution in [0.3, 0.4) is 0 Å². The lowest BCUT2D eigenvalue weighted by Gasteiger charge is -2.22. The van der Waals surface area contributed by atoms with Gasteiger partial charge < -0.3 is 20.2 Å². The summed E-state index contributed by atoms with van der Waals surface area (Å²) in [5, 5.41) is 18.2. The Labute approximate surface area is 243 Å². The Bertz CT molecular complexity index is 1580. The second kappa shape index (κ2) is 12.0. The molecule has 3 heterocycles. The molecule has 4 aromatic rings. The zero-order valence-electron chi connectivity index (χ0n) is 22.2. The van der Waals surface area contributed by atoms with Crippen LogP contribution in [0.25, 0.3) is 10.9 Å². The van der Waals surface area contributed by atoms with Gasteiger partial charge in [0.1, 0.15) is 5.82 Å². The van der Waals surface area contributed by atoms with Crippen molar-refractivity contribution in [3.05, 3.63) is 105 Å². The van der Waals surface area contributed by atoms with Crippen LogP contribution in [-0.2, 0) is 24.2 Å². The van der Waals surface area contributed by atoms with Gasteiger partial charge >= 0.3 is 0 Å². The summed E-state index contributed by atoms with van der Waals surface area (Å²) < 4.78 is 2.13. The number of amides is 1. The normalized spacial score (nSPS) is 17.8. The molecule has 1 aliphatic carbocycles. The maximum atomic E-state index is 13.4. The Morgan fingerprint density at radius 3 is 2.83 bits per heavy atom. The highest BCUT2D eigenvalue weighted by Gasteiger charge is 2.29. The number of halogens is 2. The van der Waals surface area contributed by atoms with Gasteiger partial charge in [-0.15, -0.1) is 10.2 Å². The second-order valence-electron chi connectivity index (χ2n) is 10.5. The summed E-state index contributed by atoms with van der Waals surface area (Å²) >= 11 is 12.6. The van der Waals surface area contributed by atoms with Gasteiger partial charge in [-0.3, -0.25) is 4.79 Å². The number of carbonyl (C=O) groups is 1. The molecule has 0 saturated carbocycles. The van der Waals surface area contributed by atoms with Crippen molar-refractivity contribution in [2.45, 2.75) is 57.2 Å². The van der Waals surface area contributed by atoms with E-state index in [0.29, 0.717) is 29.4 Å². The number of fused-ring (bicyclic) bond motifs is 1. The van der Waals surface area contributed by atoms with Gasteiger partial charge in [-0.25, -0.2) is 0 Å². The monoisotopic (exact) mass is 574 g/mol. The average Bonchev–Trinajstić information content (AvgIpc) is 3.73. The van der Waals surface area contributed by atoms with E-state index in [-0.39, 0.29) is 18.0 Å². The Balaban J connectivity index is 1.39. The molecular weight excluding hydrogens is 543 g/mol. The van der Waals surface area contributed by atoms with E-state index in [0.717, 1.165) is 65.9 Å².